The average Bonchev–Trinajstić information content (AvgIpc) is 2.49. The Morgan fingerprint density at radius 1 is 1.24 bits per heavy atom. The van der Waals surface area contributed by atoms with Gasteiger partial charge in [-0.3, -0.25) is 0 Å². The summed E-state index contributed by atoms with van der Waals surface area (Å²) in [5, 5.41) is 0. The standard InChI is InChI=1S/C13H14BrF2N/c14-10-5-6-11(15)12(13(10)16)8-3-1-2-4-9(17)7-8/h5-7,9H,1-4,17H2. The van der Waals surface area contributed by atoms with Crippen LogP contribution in [0.3, 0.4) is 0 Å². The summed E-state index contributed by atoms with van der Waals surface area (Å²) in [6.45, 7) is 0. The van der Waals surface area contributed by atoms with E-state index in [1.807, 2.05) is 0 Å². The SMILES string of the molecule is NC1C=C(c2c(F)ccc(Br)c2F)CCCC1. The molecule has 0 heterocycles. The van der Waals surface area contributed by atoms with Crippen molar-refractivity contribution in [1.29, 1.82) is 0 Å². The van der Waals surface area contributed by atoms with Crippen LogP contribution in [0.5, 0.6) is 0 Å². The van der Waals surface area contributed by atoms with Crippen LogP contribution in [-0.4, -0.2) is 6.04 Å². The zero-order valence-electron chi connectivity index (χ0n) is 9.35. The smallest absolute Gasteiger partial charge is 0.147 e. The van der Waals surface area contributed by atoms with Crippen LogP contribution < -0.4 is 5.73 Å². The molecule has 1 atom stereocenters. The second-order valence-electron chi connectivity index (χ2n) is 4.32. The highest BCUT2D eigenvalue weighted by molar-refractivity contribution is 9.10. The zero-order valence-corrected chi connectivity index (χ0v) is 10.9. The van der Waals surface area contributed by atoms with Crippen LogP contribution in [0.15, 0.2) is 22.7 Å². The van der Waals surface area contributed by atoms with Crippen molar-refractivity contribution in [2.24, 2.45) is 5.73 Å². The number of benzene rings is 1. The van der Waals surface area contributed by atoms with E-state index in [4.69, 9.17) is 5.73 Å². The number of halogens is 3. The fraction of sp³-hybridized carbons (Fsp3) is 0.385. The van der Waals surface area contributed by atoms with E-state index in [1.54, 1.807) is 6.08 Å². The van der Waals surface area contributed by atoms with Gasteiger partial charge in [-0.2, -0.15) is 0 Å². The third-order valence-electron chi connectivity index (χ3n) is 3.01. The first-order valence-corrected chi connectivity index (χ1v) is 6.49. The highest BCUT2D eigenvalue weighted by atomic mass is 79.9. The fourth-order valence-corrected chi connectivity index (χ4v) is 2.48. The predicted octanol–water partition coefficient (Wildman–Crippen LogP) is 4.01. The molecule has 1 aromatic carbocycles. The molecule has 0 fully saturated rings. The van der Waals surface area contributed by atoms with E-state index in [0.717, 1.165) is 19.3 Å². The molecule has 2 rings (SSSR count). The van der Waals surface area contributed by atoms with Gasteiger partial charge >= 0.3 is 0 Å². The number of nitrogens with two attached hydrogens (primary N) is 1. The van der Waals surface area contributed by atoms with Crippen molar-refractivity contribution in [3.05, 3.63) is 39.9 Å². The van der Waals surface area contributed by atoms with Gasteiger partial charge in [-0.05, 0) is 52.9 Å². The lowest BCUT2D eigenvalue weighted by Gasteiger charge is -2.10. The van der Waals surface area contributed by atoms with Crippen LogP contribution in [0.25, 0.3) is 5.57 Å². The largest absolute Gasteiger partial charge is 0.324 e. The second kappa shape index (κ2) is 5.27. The number of rotatable bonds is 1. The molecule has 0 saturated heterocycles. The Bertz CT molecular complexity index is 457. The summed E-state index contributed by atoms with van der Waals surface area (Å²) in [7, 11) is 0. The summed E-state index contributed by atoms with van der Waals surface area (Å²) in [4.78, 5) is 0. The number of hydrogen-bond acceptors (Lipinski definition) is 1. The van der Waals surface area contributed by atoms with Gasteiger partial charge in [0.1, 0.15) is 11.6 Å². The van der Waals surface area contributed by atoms with Gasteiger partial charge in [0.05, 0.1) is 10.0 Å². The van der Waals surface area contributed by atoms with Crippen LogP contribution in [-0.2, 0) is 0 Å². The minimum absolute atomic E-state index is 0.0664. The molecule has 2 N–H and O–H groups in total. The van der Waals surface area contributed by atoms with Crippen molar-refractivity contribution in [2.45, 2.75) is 31.7 Å². The van der Waals surface area contributed by atoms with Crippen LogP contribution in [0.1, 0.15) is 31.2 Å². The molecular weight excluding hydrogens is 288 g/mol. The Hall–Kier alpha value is -0.740. The molecule has 92 valence electrons. The van der Waals surface area contributed by atoms with Gasteiger partial charge < -0.3 is 5.73 Å². The maximum absolute atomic E-state index is 13.9. The average molecular weight is 302 g/mol. The van der Waals surface area contributed by atoms with Crippen molar-refractivity contribution < 1.29 is 8.78 Å². The van der Waals surface area contributed by atoms with Crippen molar-refractivity contribution >= 4 is 21.5 Å². The summed E-state index contributed by atoms with van der Waals surface area (Å²) < 4.78 is 28.0. The number of hydrogen-bond donors (Lipinski definition) is 1. The monoisotopic (exact) mass is 301 g/mol. The summed E-state index contributed by atoms with van der Waals surface area (Å²) in [5.41, 5.74) is 6.62. The van der Waals surface area contributed by atoms with Crippen molar-refractivity contribution in [2.75, 3.05) is 0 Å². The molecule has 0 aliphatic heterocycles. The van der Waals surface area contributed by atoms with Gasteiger partial charge in [0.15, 0.2) is 0 Å². The molecule has 17 heavy (non-hydrogen) atoms. The minimum Gasteiger partial charge on any atom is -0.324 e. The minimum atomic E-state index is -0.537. The highest BCUT2D eigenvalue weighted by Crippen LogP contribution is 2.32. The lowest BCUT2D eigenvalue weighted by atomic mass is 10.00. The quantitative estimate of drug-likeness (QED) is 0.779. The third kappa shape index (κ3) is 2.75. The highest BCUT2D eigenvalue weighted by Gasteiger charge is 2.18. The molecule has 0 spiro atoms. The van der Waals surface area contributed by atoms with Crippen LogP contribution >= 0.6 is 15.9 Å². The molecule has 1 nitrogen and oxygen atoms in total. The van der Waals surface area contributed by atoms with Gasteiger partial charge in [-0.25, -0.2) is 8.78 Å². The normalized spacial score (nSPS) is 20.9. The molecule has 0 aromatic heterocycles. The summed E-state index contributed by atoms with van der Waals surface area (Å²) in [6, 6.07) is 2.55. The Morgan fingerprint density at radius 2 is 2.00 bits per heavy atom. The summed E-state index contributed by atoms with van der Waals surface area (Å²) >= 11 is 3.08. The maximum Gasteiger partial charge on any atom is 0.147 e. The maximum atomic E-state index is 13.9. The van der Waals surface area contributed by atoms with Crippen molar-refractivity contribution in [3.63, 3.8) is 0 Å². The molecule has 1 aromatic rings. The summed E-state index contributed by atoms with van der Waals surface area (Å²) in [6.07, 6.45) is 5.27. The van der Waals surface area contributed by atoms with E-state index in [0.29, 0.717) is 12.0 Å². The molecule has 0 radical (unpaired) electrons. The molecule has 0 bridgehead atoms. The van der Waals surface area contributed by atoms with Crippen LogP contribution in [0.2, 0.25) is 0 Å². The van der Waals surface area contributed by atoms with Crippen molar-refractivity contribution in [1.82, 2.24) is 0 Å². The molecule has 4 heteroatoms. The lowest BCUT2D eigenvalue weighted by molar-refractivity contribution is 0.571. The third-order valence-corrected chi connectivity index (χ3v) is 3.63. The van der Waals surface area contributed by atoms with Crippen molar-refractivity contribution in [3.8, 4) is 0 Å². The fourth-order valence-electron chi connectivity index (χ4n) is 2.15. The molecule has 0 saturated carbocycles. The van der Waals surface area contributed by atoms with Crippen LogP contribution in [0, 0.1) is 11.6 Å². The molecule has 1 aliphatic rings. The van der Waals surface area contributed by atoms with E-state index in [9.17, 15) is 8.78 Å². The Morgan fingerprint density at radius 3 is 2.76 bits per heavy atom. The lowest BCUT2D eigenvalue weighted by Crippen LogP contribution is -2.15. The first kappa shape index (κ1) is 12.7. The topological polar surface area (TPSA) is 26.0 Å². The second-order valence-corrected chi connectivity index (χ2v) is 5.17. The van der Waals surface area contributed by atoms with E-state index in [-0.39, 0.29) is 16.1 Å². The first-order valence-electron chi connectivity index (χ1n) is 5.69. The summed E-state index contributed by atoms with van der Waals surface area (Å²) in [5.74, 6) is -1.06. The predicted molar refractivity (Wildman–Crippen MR) is 68.5 cm³/mol. The van der Waals surface area contributed by atoms with Gasteiger partial charge in [-0.15, -0.1) is 0 Å². The molecule has 0 amide bonds. The van der Waals surface area contributed by atoms with E-state index in [1.165, 1.54) is 12.1 Å². The van der Waals surface area contributed by atoms with E-state index >= 15 is 0 Å². The molecule has 1 aliphatic carbocycles. The Balaban J connectivity index is 2.48. The Labute approximate surface area is 108 Å². The first-order chi connectivity index (χ1) is 8.09. The van der Waals surface area contributed by atoms with Gasteiger partial charge in [0.2, 0.25) is 0 Å². The van der Waals surface area contributed by atoms with Gasteiger partial charge in [-0.1, -0.05) is 12.5 Å². The molecule has 1 unspecified atom stereocenters. The number of allylic oxidation sites excluding steroid dienone is 1. The molecular formula is C13H14BrF2N. The van der Waals surface area contributed by atoms with Gasteiger partial charge in [0.25, 0.3) is 0 Å². The van der Waals surface area contributed by atoms with Crippen LogP contribution in [0.4, 0.5) is 8.78 Å². The van der Waals surface area contributed by atoms with E-state index in [2.05, 4.69) is 15.9 Å². The van der Waals surface area contributed by atoms with E-state index < -0.39 is 11.6 Å². The zero-order chi connectivity index (χ0) is 12.4. The van der Waals surface area contributed by atoms with Gasteiger partial charge in [0, 0.05) is 6.04 Å². The Kier molecular flexibility index (Phi) is 3.94.